The van der Waals surface area contributed by atoms with E-state index in [0.29, 0.717) is 22.9 Å². The van der Waals surface area contributed by atoms with Crippen LogP contribution in [-0.2, 0) is 6.42 Å². The zero-order valence-electron chi connectivity index (χ0n) is 13.9. The van der Waals surface area contributed by atoms with Crippen LogP contribution in [0.15, 0.2) is 42.6 Å². The molecule has 2 heterocycles. The normalized spacial score (nSPS) is 13.6. The van der Waals surface area contributed by atoms with Gasteiger partial charge < -0.3 is 10.3 Å². The summed E-state index contributed by atoms with van der Waals surface area (Å²) in [7, 11) is 0. The van der Waals surface area contributed by atoms with Crippen molar-refractivity contribution < 1.29 is 14.0 Å². The number of aromatic amines is 2. The van der Waals surface area contributed by atoms with Crippen LogP contribution in [0.25, 0.3) is 0 Å². The minimum atomic E-state index is -0.361. The van der Waals surface area contributed by atoms with E-state index in [9.17, 15) is 14.0 Å². The van der Waals surface area contributed by atoms with Crippen LogP contribution in [0.3, 0.4) is 0 Å². The smallest absolute Gasteiger partial charge is 0.273 e. The molecule has 26 heavy (non-hydrogen) atoms. The second-order valence-electron chi connectivity index (χ2n) is 6.47. The highest BCUT2D eigenvalue weighted by Gasteiger charge is 2.25. The fourth-order valence-corrected chi connectivity index (χ4v) is 2.76. The van der Waals surface area contributed by atoms with Gasteiger partial charge in [-0.3, -0.25) is 14.7 Å². The molecule has 7 heteroatoms. The average Bonchev–Trinajstić information content (AvgIpc) is 3.17. The molecule has 1 aliphatic rings. The number of anilines is 1. The van der Waals surface area contributed by atoms with E-state index in [4.69, 9.17) is 0 Å². The van der Waals surface area contributed by atoms with Crippen LogP contribution < -0.4 is 5.32 Å². The second-order valence-corrected chi connectivity index (χ2v) is 6.47. The fourth-order valence-electron chi connectivity index (χ4n) is 2.76. The van der Waals surface area contributed by atoms with Gasteiger partial charge in [-0.25, -0.2) is 4.39 Å². The number of H-pyrrole nitrogens is 2. The molecule has 0 radical (unpaired) electrons. The van der Waals surface area contributed by atoms with Gasteiger partial charge in [0, 0.05) is 35.9 Å². The number of halogens is 1. The summed E-state index contributed by atoms with van der Waals surface area (Å²) in [5.74, 6) is 0.132. The number of nitrogens with one attached hydrogen (secondary N) is 3. The highest BCUT2D eigenvalue weighted by molar-refractivity contribution is 6.05. The Hall–Kier alpha value is -3.22. The van der Waals surface area contributed by atoms with E-state index in [2.05, 4.69) is 20.5 Å². The van der Waals surface area contributed by atoms with Gasteiger partial charge in [-0.15, -0.1) is 0 Å². The van der Waals surface area contributed by atoms with E-state index in [0.717, 1.165) is 18.5 Å². The van der Waals surface area contributed by atoms with Gasteiger partial charge in [0.15, 0.2) is 11.6 Å². The third-order valence-electron chi connectivity index (χ3n) is 4.38. The van der Waals surface area contributed by atoms with Crippen LogP contribution in [0.2, 0.25) is 0 Å². The summed E-state index contributed by atoms with van der Waals surface area (Å²) in [5, 5.41) is 9.71. The molecule has 1 aromatic carbocycles. The molecule has 4 rings (SSSR count). The standard InChI is InChI=1S/C19H17FN4O2/c20-14-5-1-11(2-6-14)7-17(25)13-8-16(21-10-13)19(26)22-18-9-15(23-24-18)12-3-4-12/h1-2,5-6,8-10,12,21H,3-4,7H2,(H2,22,23,24,26). The summed E-state index contributed by atoms with van der Waals surface area (Å²) < 4.78 is 12.9. The lowest BCUT2D eigenvalue weighted by Crippen LogP contribution is -2.12. The van der Waals surface area contributed by atoms with E-state index in [1.807, 2.05) is 6.07 Å². The largest absolute Gasteiger partial charge is 0.356 e. The maximum absolute atomic E-state index is 12.9. The summed E-state index contributed by atoms with van der Waals surface area (Å²) in [6.45, 7) is 0. The third-order valence-corrected chi connectivity index (χ3v) is 4.38. The molecule has 1 aliphatic carbocycles. The fraction of sp³-hybridized carbons (Fsp3) is 0.211. The first-order chi connectivity index (χ1) is 12.6. The van der Waals surface area contributed by atoms with Crippen molar-refractivity contribution in [2.24, 2.45) is 0 Å². The molecular weight excluding hydrogens is 335 g/mol. The van der Waals surface area contributed by atoms with Crippen LogP contribution in [-0.4, -0.2) is 26.9 Å². The van der Waals surface area contributed by atoms with Crippen molar-refractivity contribution in [3.63, 3.8) is 0 Å². The van der Waals surface area contributed by atoms with Crippen molar-refractivity contribution in [2.45, 2.75) is 25.2 Å². The van der Waals surface area contributed by atoms with Crippen LogP contribution in [0.4, 0.5) is 10.2 Å². The van der Waals surface area contributed by atoms with Gasteiger partial charge in [0.2, 0.25) is 0 Å². The molecule has 1 saturated carbocycles. The molecule has 132 valence electrons. The van der Waals surface area contributed by atoms with Crippen molar-refractivity contribution in [1.82, 2.24) is 15.2 Å². The number of carbonyl (C=O) groups excluding carboxylic acids is 2. The summed E-state index contributed by atoms with van der Waals surface area (Å²) in [4.78, 5) is 27.4. The van der Waals surface area contributed by atoms with E-state index in [1.54, 1.807) is 12.1 Å². The molecule has 3 aromatic rings. The minimum absolute atomic E-state index is 0.142. The quantitative estimate of drug-likeness (QED) is 0.594. The molecule has 0 aliphatic heterocycles. The number of amides is 1. The van der Waals surface area contributed by atoms with Crippen molar-refractivity contribution >= 4 is 17.5 Å². The van der Waals surface area contributed by atoms with Gasteiger partial charge in [0.05, 0.1) is 0 Å². The molecule has 1 fully saturated rings. The first-order valence-electron chi connectivity index (χ1n) is 8.41. The number of hydrogen-bond donors (Lipinski definition) is 3. The number of hydrogen-bond acceptors (Lipinski definition) is 3. The van der Waals surface area contributed by atoms with Crippen LogP contribution in [0, 0.1) is 5.82 Å². The van der Waals surface area contributed by atoms with Gasteiger partial charge in [0.1, 0.15) is 11.5 Å². The summed E-state index contributed by atoms with van der Waals surface area (Å²) in [6, 6.07) is 9.12. The molecule has 2 aromatic heterocycles. The van der Waals surface area contributed by atoms with Crippen molar-refractivity contribution in [1.29, 1.82) is 0 Å². The molecule has 0 saturated heterocycles. The maximum Gasteiger partial charge on any atom is 0.273 e. The monoisotopic (exact) mass is 352 g/mol. The lowest BCUT2D eigenvalue weighted by atomic mass is 10.1. The highest BCUT2D eigenvalue weighted by atomic mass is 19.1. The lowest BCUT2D eigenvalue weighted by Gasteiger charge is -1.99. The van der Waals surface area contributed by atoms with Gasteiger partial charge in [-0.2, -0.15) is 5.10 Å². The van der Waals surface area contributed by atoms with Gasteiger partial charge >= 0.3 is 0 Å². The number of rotatable bonds is 6. The Morgan fingerprint density at radius 3 is 2.69 bits per heavy atom. The third kappa shape index (κ3) is 3.56. The van der Waals surface area contributed by atoms with E-state index in [-0.39, 0.29) is 29.6 Å². The SMILES string of the molecule is O=C(Cc1ccc(F)cc1)c1c[nH]c(C(=O)Nc2cc(C3CC3)[nH]n2)c1. The Kier molecular flexibility index (Phi) is 4.12. The average molecular weight is 352 g/mol. The first-order valence-corrected chi connectivity index (χ1v) is 8.41. The predicted octanol–water partition coefficient (Wildman–Crippen LogP) is 3.43. The Balaban J connectivity index is 1.40. The zero-order chi connectivity index (χ0) is 18.1. The minimum Gasteiger partial charge on any atom is -0.356 e. The molecule has 0 unspecified atom stereocenters. The topological polar surface area (TPSA) is 90.6 Å². The molecule has 0 atom stereocenters. The number of carbonyl (C=O) groups is 2. The Bertz CT molecular complexity index is 954. The Morgan fingerprint density at radius 2 is 1.96 bits per heavy atom. The molecule has 0 bridgehead atoms. The molecule has 3 N–H and O–H groups in total. The van der Waals surface area contributed by atoms with Crippen LogP contribution in [0.5, 0.6) is 0 Å². The number of ketones is 1. The highest BCUT2D eigenvalue weighted by Crippen LogP contribution is 2.39. The van der Waals surface area contributed by atoms with E-state index >= 15 is 0 Å². The van der Waals surface area contributed by atoms with Crippen molar-refractivity contribution in [3.8, 4) is 0 Å². The molecule has 0 spiro atoms. The predicted molar refractivity (Wildman–Crippen MR) is 93.7 cm³/mol. The molecule has 6 nitrogen and oxygen atoms in total. The van der Waals surface area contributed by atoms with E-state index in [1.165, 1.54) is 24.4 Å². The lowest BCUT2D eigenvalue weighted by molar-refractivity contribution is 0.0992. The molecule has 1 amide bonds. The van der Waals surface area contributed by atoms with Crippen LogP contribution >= 0.6 is 0 Å². The zero-order valence-corrected chi connectivity index (χ0v) is 13.9. The van der Waals surface area contributed by atoms with Gasteiger partial charge in [-0.1, -0.05) is 12.1 Å². The second kappa shape index (κ2) is 6.59. The van der Waals surface area contributed by atoms with Gasteiger partial charge in [-0.05, 0) is 36.6 Å². The van der Waals surface area contributed by atoms with Crippen molar-refractivity contribution in [2.75, 3.05) is 5.32 Å². The van der Waals surface area contributed by atoms with Gasteiger partial charge in [0.25, 0.3) is 5.91 Å². The summed E-state index contributed by atoms with van der Waals surface area (Å²) in [5.41, 5.74) is 2.43. The first kappa shape index (κ1) is 16.3. The number of benzene rings is 1. The summed E-state index contributed by atoms with van der Waals surface area (Å²) in [6.07, 6.45) is 3.93. The Morgan fingerprint density at radius 1 is 1.19 bits per heavy atom. The Labute approximate surface area is 148 Å². The van der Waals surface area contributed by atoms with Crippen molar-refractivity contribution in [3.05, 3.63) is 70.9 Å². The molecular formula is C19H17FN4O2. The van der Waals surface area contributed by atoms with Crippen LogP contribution in [0.1, 0.15) is 50.9 Å². The van der Waals surface area contributed by atoms with E-state index < -0.39 is 0 Å². The summed E-state index contributed by atoms with van der Waals surface area (Å²) >= 11 is 0. The number of aromatic nitrogens is 3. The number of Topliss-reactive ketones (excluding diaryl/α,β-unsaturated/α-hetero) is 1. The number of nitrogens with zero attached hydrogens (tertiary/aromatic N) is 1. The maximum atomic E-state index is 12.9.